The van der Waals surface area contributed by atoms with E-state index in [2.05, 4.69) is 10.4 Å². The lowest BCUT2D eigenvalue weighted by Crippen LogP contribution is -2.25. The van der Waals surface area contributed by atoms with Gasteiger partial charge in [0.05, 0.1) is 18.4 Å². The third-order valence-electron chi connectivity index (χ3n) is 4.90. The molecule has 0 bridgehead atoms. The molecular weight excluding hydrogens is 409 g/mol. The zero-order valence-corrected chi connectivity index (χ0v) is 16.9. The van der Waals surface area contributed by atoms with E-state index in [0.29, 0.717) is 16.3 Å². The number of ether oxygens (including phenoxy) is 1. The number of benzene rings is 1. The Morgan fingerprint density at radius 2 is 1.90 bits per heavy atom. The third-order valence-corrected chi connectivity index (χ3v) is 6.11. The van der Waals surface area contributed by atoms with Crippen molar-refractivity contribution in [3.8, 4) is 5.69 Å². The maximum absolute atomic E-state index is 13.2. The first kappa shape index (κ1) is 20.0. The lowest BCUT2D eigenvalue weighted by atomic mass is 9.95. The van der Waals surface area contributed by atoms with Gasteiger partial charge < -0.3 is 10.1 Å². The molecule has 30 heavy (non-hydrogen) atoms. The lowest BCUT2D eigenvalue weighted by Gasteiger charge is -2.11. The topological polar surface area (TPSA) is 90.3 Å². The van der Waals surface area contributed by atoms with Crippen molar-refractivity contribution in [3.05, 3.63) is 74.3 Å². The quantitative estimate of drug-likeness (QED) is 0.645. The summed E-state index contributed by atoms with van der Waals surface area (Å²) in [6.07, 6.45) is 4.96. The molecule has 0 atom stereocenters. The number of aryl methyl sites for hydroxylation is 1. The Labute approximate surface area is 175 Å². The molecule has 4 rings (SSSR count). The fraction of sp³-hybridized carbons (Fsp3) is 0.238. The molecule has 0 radical (unpaired) electrons. The van der Waals surface area contributed by atoms with Gasteiger partial charge in [-0.2, -0.15) is 5.10 Å². The summed E-state index contributed by atoms with van der Waals surface area (Å²) in [5.41, 5.74) is 0.849. The van der Waals surface area contributed by atoms with Crippen LogP contribution in [0.3, 0.4) is 0 Å². The van der Waals surface area contributed by atoms with Gasteiger partial charge in [0.2, 0.25) is 5.43 Å². The smallest absolute Gasteiger partial charge is 0.341 e. The summed E-state index contributed by atoms with van der Waals surface area (Å²) >= 11 is 1.33. The van der Waals surface area contributed by atoms with Crippen LogP contribution in [0.4, 0.5) is 9.39 Å². The van der Waals surface area contributed by atoms with E-state index in [0.717, 1.165) is 36.1 Å². The van der Waals surface area contributed by atoms with Crippen molar-refractivity contribution in [3.63, 3.8) is 0 Å². The highest BCUT2D eigenvalue weighted by molar-refractivity contribution is 7.17. The van der Waals surface area contributed by atoms with Crippen LogP contribution in [-0.4, -0.2) is 28.8 Å². The number of hydrogen-bond donors (Lipinski definition) is 1. The Morgan fingerprint density at radius 1 is 1.17 bits per heavy atom. The average molecular weight is 427 g/mol. The number of fused-ring (bicyclic) bond motifs is 1. The molecule has 1 aliphatic carbocycles. The zero-order chi connectivity index (χ0) is 21.3. The number of anilines is 1. The second-order valence-corrected chi connectivity index (χ2v) is 7.92. The summed E-state index contributed by atoms with van der Waals surface area (Å²) in [5, 5.41) is 7.13. The summed E-state index contributed by atoms with van der Waals surface area (Å²) in [5.74, 6) is -1.65. The van der Waals surface area contributed by atoms with E-state index in [9.17, 15) is 18.8 Å². The number of halogens is 1. The molecule has 2 aromatic heterocycles. The molecule has 7 nitrogen and oxygen atoms in total. The summed E-state index contributed by atoms with van der Waals surface area (Å²) in [4.78, 5) is 38.5. The van der Waals surface area contributed by atoms with Gasteiger partial charge in [-0.05, 0) is 55.5 Å². The van der Waals surface area contributed by atoms with Crippen LogP contribution < -0.4 is 10.7 Å². The van der Waals surface area contributed by atoms with Gasteiger partial charge in [0, 0.05) is 17.1 Å². The van der Waals surface area contributed by atoms with Crippen molar-refractivity contribution >= 4 is 28.2 Å². The molecule has 9 heteroatoms. The van der Waals surface area contributed by atoms with Crippen LogP contribution in [0, 0.1) is 5.82 Å². The normalized spacial score (nSPS) is 12.9. The number of nitrogens with zero attached hydrogens (tertiary/aromatic N) is 2. The highest BCUT2D eigenvalue weighted by Gasteiger charge is 2.27. The SMILES string of the molecule is COC(=O)c1c(NC(=O)c2nn(-c3ccc(F)cc3)ccc2=O)sc2c1CCCC2. The molecule has 0 saturated heterocycles. The van der Waals surface area contributed by atoms with Crippen LogP contribution in [0.1, 0.15) is 44.1 Å². The number of methoxy groups -OCH3 is 1. The van der Waals surface area contributed by atoms with Gasteiger partial charge in [0.15, 0.2) is 5.69 Å². The summed E-state index contributed by atoms with van der Waals surface area (Å²) < 4.78 is 19.4. The molecule has 1 aliphatic rings. The summed E-state index contributed by atoms with van der Waals surface area (Å²) in [7, 11) is 1.29. The fourth-order valence-corrected chi connectivity index (χ4v) is 4.71. The second kappa shape index (κ2) is 8.19. The average Bonchev–Trinajstić information content (AvgIpc) is 3.12. The van der Waals surface area contributed by atoms with E-state index >= 15 is 0 Å². The Bertz CT molecular complexity index is 1180. The number of aromatic nitrogens is 2. The van der Waals surface area contributed by atoms with E-state index in [-0.39, 0.29) is 5.69 Å². The van der Waals surface area contributed by atoms with Crippen LogP contribution in [-0.2, 0) is 17.6 Å². The molecule has 154 valence electrons. The predicted molar refractivity (Wildman–Crippen MR) is 110 cm³/mol. The Kier molecular flexibility index (Phi) is 5.45. The second-order valence-electron chi connectivity index (χ2n) is 6.81. The minimum atomic E-state index is -0.722. The predicted octanol–water partition coefficient (Wildman–Crippen LogP) is 3.35. The minimum Gasteiger partial charge on any atom is -0.465 e. The van der Waals surface area contributed by atoms with Gasteiger partial charge in [-0.15, -0.1) is 11.3 Å². The maximum Gasteiger partial charge on any atom is 0.341 e. The van der Waals surface area contributed by atoms with Gasteiger partial charge in [-0.3, -0.25) is 9.59 Å². The number of thiophene rings is 1. The van der Waals surface area contributed by atoms with Crippen LogP contribution in [0.15, 0.2) is 41.3 Å². The summed E-state index contributed by atoms with van der Waals surface area (Å²) in [6.45, 7) is 0. The monoisotopic (exact) mass is 427 g/mol. The lowest BCUT2D eigenvalue weighted by molar-refractivity contribution is 0.0601. The highest BCUT2D eigenvalue weighted by Crippen LogP contribution is 2.38. The van der Waals surface area contributed by atoms with Gasteiger partial charge in [0.1, 0.15) is 10.8 Å². The van der Waals surface area contributed by atoms with Crippen molar-refractivity contribution in [1.29, 1.82) is 0 Å². The van der Waals surface area contributed by atoms with Crippen LogP contribution in [0.5, 0.6) is 0 Å². The van der Waals surface area contributed by atoms with E-state index < -0.39 is 23.1 Å². The standard InChI is InChI=1S/C21H18FN3O4S/c1-29-21(28)17-14-4-2-3-5-16(14)30-20(17)23-19(27)18-15(26)10-11-25(24-18)13-8-6-12(22)7-9-13/h6-11H,2-5H2,1H3,(H,23,27). The van der Waals surface area contributed by atoms with E-state index in [1.165, 1.54) is 59.7 Å². The van der Waals surface area contributed by atoms with Crippen LogP contribution in [0.2, 0.25) is 0 Å². The summed E-state index contributed by atoms with van der Waals surface area (Å²) in [6, 6.07) is 6.70. The molecule has 0 unspecified atom stereocenters. The first-order valence-electron chi connectivity index (χ1n) is 9.38. The first-order chi connectivity index (χ1) is 14.5. The highest BCUT2D eigenvalue weighted by atomic mass is 32.1. The van der Waals surface area contributed by atoms with E-state index in [1.54, 1.807) is 0 Å². The van der Waals surface area contributed by atoms with Crippen molar-refractivity contribution in [2.24, 2.45) is 0 Å². The Morgan fingerprint density at radius 3 is 2.63 bits per heavy atom. The molecule has 1 amide bonds. The van der Waals surface area contributed by atoms with Gasteiger partial charge in [-0.25, -0.2) is 13.9 Å². The van der Waals surface area contributed by atoms with Crippen LogP contribution in [0.25, 0.3) is 5.69 Å². The molecule has 0 spiro atoms. The number of amides is 1. The molecule has 2 heterocycles. The van der Waals surface area contributed by atoms with Crippen molar-refractivity contribution in [2.45, 2.75) is 25.7 Å². The molecular formula is C21H18FN3O4S. The number of rotatable bonds is 4. The Hall–Kier alpha value is -3.33. The van der Waals surface area contributed by atoms with Gasteiger partial charge in [0.25, 0.3) is 5.91 Å². The third kappa shape index (κ3) is 3.76. The van der Waals surface area contributed by atoms with Crippen molar-refractivity contribution in [1.82, 2.24) is 9.78 Å². The number of esters is 1. The molecule has 1 N–H and O–H groups in total. The molecule has 3 aromatic rings. The molecule has 0 saturated carbocycles. The number of nitrogens with one attached hydrogen (secondary N) is 1. The van der Waals surface area contributed by atoms with Crippen LogP contribution >= 0.6 is 11.3 Å². The molecule has 1 aromatic carbocycles. The largest absolute Gasteiger partial charge is 0.465 e. The first-order valence-corrected chi connectivity index (χ1v) is 10.2. The molecule has 0 aliphatic heterocycles. The van der Waals surface area contributed by atoms with Crippen molar-refractivity contribution < 1.29 is 18.7 Å². The Balaban J connectivity index is 1.69. The van der Waals surface area contributed by atoms with E-state index in [4.69, 9.17) is 4.74 Å². The van der Waals surface area contributed by atoms with E-state index in [1.807, 2.05) is 0 Å². The van der Waals surface area contributed by atoms with Gasteiger partial charge in [-0.1, -0.05) is 0 Å². The van der Waals surface area contributed by atoms with Crippen molar-refractivity contribution in [2.75, 3.05) is 12.4 Å². The number of hydrogen-bond acceptors (Lipinski definition) is 6. The zero-order valence-electron chi connectivity index (χ0n) is 16.1. The fourth-order valence-electron chi connectivity index (χ4n) is 3.44. The minimum absolute atomic E-state index is 0.330. The molecule has 0 fully saturated rings. The maximum atomic E-state index is 13.2. The number of carbonyl (C=O) groups is 2. The van der Waals surface area contributed by atoms with Gasteiger partial charge >= 0.3 is 5.97 Å². The number of carbonyl (C=O) groups excluding carboxylic acids is 2.